The Balaban J connectivity index is 1.26. The standard InChI is InChI=1S/C40H51F2N5O9S/c1-37(2,3)56-36(51)44-28-12-10-8-6-7-9-11-23-20-40(23,35(50)46-57(52,53)38(4)17-18-38)45-33(48)29-21-39(22-47(29)34(28)49)16-15-25-26-19-24(54-5)13-14-27(26)43-30(32(41)42)31(25)55-39/h9,11,13-14,19,23,28-29,32H,6-8,10,12,15-18,20-22H2,1-5H3,(H,44,51)(H,45,48)(H,46,50)/b11-9-/t23-,28?,29+,39-,40-/m1/s1. The molecule has 1 aromatic heterocycles. The number of rotatable bonds is 6. The van der Waals surface area contributed by atoms with E-state index in [0.29, 0.717) is 54.3 Å². The Kier molecular flexibility index (Phi) is 10.5. The minimum atomic E-state index is -4.06. The summed E-state index contributed by atoms with van der Waals surface area (Å²) in [5.41, 5.74) is -3.56. The zero-order chi connectivity index (χ0) is 41.1. The van der Waals surface area contributed by atoms with Crippen molar-refractivity contribution in [2.45, 2.75) is 138 Å². The molecule has 5 atom stereocenters. The van der Waals surface area contributed by atoms with Crippen molar-refractivity contribution in [1.29, 1.82) is 0 Å². The van der Waals surface area contributed by atoms with Crippen LogP contribution in [0.4, 0.5) is 13.6 Å². The predicted octanol–water partition coefficient (Wildman–Crippen LogP) is 5.13. The van der Waals surface area contributed by atoms with Crippen LogP contribution < -0.4 is 24.8 Å². The summed E-state index contributed by atoms with van der Waals surface area (Å²) in [5, 5.41) is 6.12. The van der Waals surface area contributed by atoms with E-state index in [1.165, 1.54) is 12.0 Å². The molecule has 2 aliphatic carbocycles. The molecule has 1 aromatic carbocycles. The maximum Gasteiger partial charge on any atom is 0.408 e. The maximum absolute atomic E-state index is 14.7. The topological polar surface area (TPSA) is 182 Å². The van der Waals surface area contributed by atoms with E-state index in [9.17, 15) is 36.4 Å². The molecule has 1 spiro atoms. The third-order valence-corrected chi connectivity index (χ3v) is 14.1. The van der Waals surface area contributed by atoms with Crippen LogP contribution in [-0.2, 0) is 35.6 Å². The van der Waals surface area contributed by atoms with Crippen LogP contribution in [-0.4, -0.2) is 89.3 Å². The molecule has 3 aliphatic heterocycles. The number of nitrogens with zero attached hydrogens (tertiary/aromatic N) is 2. The molecule has 4 heterocycles. The highest BCUT2D eigenvalue weighted by atomic mass is 32.2. The SMILES string of the molecule is COc1ccc2nc(C(F)F)c3c(c2c1)CC[C@]1(C[C@H]2C(=O)N[C@]4(C(=O)NS(=O)(=O)C5(C)CC5)C[C@H]4/C=C\CCCCCC(NC(=O)OC(C)(C)C)C(=O)N2C1)O3. The van der Waals surface area contributed by atoms with Gasteiger partial charge in [-0.25, -0.2) is 27.0 Å². The first-order valence-corrected chi connectivity index (χ1v) is 21.1. The summed E-state index contributed by atoms with van der Waals surface area (Å²) in [7, 11) is -2.56. The molecular formula is C40H51F2N5O9S. The van der Waals surface area contributed by atoms with Crippen LogP contribution in [0.2, 0.25) is 0 Å². The van der Waals surface area contributed by atoms with E-state index < -0.39 is 85.4 Å². The second-order valence-electron chi connectivity index (χ2n) is 17.4. The summed E-state index contributed by atoms with van der Waals surface area (Å²) in [6.07, 6.45) is 3.99. The van der Waals surface area contributed by atoms with Gasteiger partial charge in [0, 0.05) is 23.3 Å². The van der Waals surface area contributed by atoms with E-state index in [1.807, 2.05) is 12.2 Å². The molecule has 2 aromatic rings. The summed E-state index contributed by atoms with van der Waals surface area (Å²) in [6.45, 7) is 6.42. The highest BCUT2D eigenvalue weighted by Gasteiger charge is 2.64. The van der Waals surface area contributed by atoms with Crippen LogP contribution in [0, 0.1) is 5.92 Å². The van der Waals surface area contributed by atoms with Crippen molar-refractivity contribution in [3.8, 4) is 11.5 Å². The van der Waals surface area contributed by atoms with Gasteiger partial charge in [-0.15, -0.1) is 0 Å². The van der Waals surface area contributed by atoms with Gasteiger partial charge in [0.25, 0.3) is 12.3 Å². The predicted molar refractivity (Wildman–Crippen MR) is 204 cm³/mol. The largest absolute Gasteiger partial charge is 0.497 e. The second-order valence-corrected chi connectivity index (χ2v) is 19.6. The number of allylic oxidation sites excluding steroid dienone is 1. The average molecular weight is 816 g/mol. The van der Waals surface area contributed by atoms with E-state index in [2.05, 4.69) is 20.3 Å². The highest BCUT2D eigenvalue weighted by molar-refractivity contribution is 7.91. The Hall–Kier alpha value is -4.54. The Morgan fingerprint density at radius 1 is 1.11 bits per heavy atom. The minimum absolute atomic E-state index is 0.127. The molecule has 57 heavy (non-hydrogen) atoms. The molecule has 7 rings (SSSR count). The van der Waals surface area contributed by atoms with Crippen molar-refractivity contribution < 1.29 is 50.6 Å². The van der Waals surface area contributed by atoms with Crippen molar-refractivity contribution in [2.75, 3.05) is 13.7 Å². The van der Waals surface area contributed by atoms with E-state index in [1.54, 1.807) is 45.9 Å². The van der Waals surface area contributed by atoms with Crippen LogP contribution in [0.5, 0.6) is 11.5 Å². The number of carbonyl (C=O) groups is 4. The van der Waals surface area contributed by atoms with Crippen LogP contribution in [0.15, 0.2) is 30.4 Å². The first kappa shape index (κ1) is 40.6. The highest BCUT2D eigenvalue weighted by Crippen LogP contribution is 2.50. The Labute approximate surface area is 330 Å². The number of fused-ring (bicyclic) bond motifs is 5. The van der Waals surface area contributed by atoms with E-state index in [4.69, 9.17) is 14.2 Å². The number of pyridine rings is 1. The molecule has 1 saturated heterocycles. The number of sulfonamides is 1. The van der Waals surface area contributed by atoms with Crippen molar-refractivity contribution in [3.05, 3.63) is 41.6 Å². The number of amides is 4. The van der Waals surface area contributed by atoms with Gasteiger partial charge in [-0.3, -0.25) is 19.1 Å². The smallest absolute Gasteiger partial charge is 0.408 e. The zero-order valence-corrected chi connectivity index (χ0v) is 33.7. The van der Waals surface area contributed by atoms with Gasteiger partial charge in [0.15, 0.2) is 5.75 Å². The van der Waals surface area contributed by atoms with Gasteiger partial charge >= 0.3 is 6.09 Å². The summed E-state index contributed by atoms with van der Waals surface area (Å²) in [4.78, 5) is 61.9. The molecule has 5 aliphatic rings. The lowest BCUT2D eigenvalue weighted by Gasteiger charge is -2.37. The van der Waals surface area contributed by atoms with Crippen LogP contribution in [0.3, 0.4) is 0 Å². The van der Waals surface area contributed by atoms with Gasteiger partial charge in [-0.05, 0) is 97.3 Å². The normalized spacial score (nSPS) is 29.1. The number of alkyl carbamates (subject to hydrolysis) is 1. The van der Waals surface area contributed by atoms with Crippen molar-refractivity contribution in [1.82, 2.24) is 25.2 Å². The lowest BCUT2D eigenvalue weighted by Crippen LogP contribution is -2.58. The van der Waals surface area contributed by atoms with Crippen LogP contribution >= 0.6 is 0 Å². The number of methoxy groups -OCH3 is 1. The molecule has 3 fully saturated rings. The van der Waals surface area contributed by atoms with Crippen LogP contribution in [0.25, 0.3) is 10.9 Å². The number of alkyl halides is 2. The fourth-order valence-corrected chi connectivity index (χ4v) is 9.57. The number of benzene rings is 1. The van der Waals surface area contributed by atoms with Gasteiger partial charge in [0.1, 0.15) is 40.3 Å². The molecule has 0 radical (unpaired) electrons. The Morgan fingerprint density at radius 2 is 1.86 bits per heavy atom. The number of carbonyl (C=O) groups excluding carboxylic acids is 4. The number of hydrogen-bond acceptors (Lipinski definition) is 10. The average Bonchev–Trinajstić information content (AvgIpc) is 4.03. The van der Waals surface area contributed by atoms with Crippen molar-refractivity contribution in [2.24, 2.45) is 5.92 Å². The summed E-state index contributed by atoms with van der Waals surface area (Å²) < 4.78 is 74.4. The third-order valence-electron chi connectivity index (χ3n) is 11.9. The van der Waals surface area contributed by atoms with Gasteiger partial charge in [0.05, 0.1) is 23.9 Å². The van der Waals surface area contributed by atoms with Gasteiger partial charge in [-0.1, -0.05) is 25.0 Å². The van der Waals surface area contributed by atoms with Gasteiger partial charge in [-0.2, -0.15) is 0 Å². The van der Waals surface area contributed by atoms with Crippen molar-refractivity contribution >= 4 is 44.7 Å². The summed E-state index contributed by atoms with van der Waals surface area (Å²) in [6, 6.07) is 2.52. The van der Waals surface area contributed by atoms with Crippen LogP contribution in [0.1, 0.15) is 110 Å². The fraction of sp³-hybridized carbons (Fsp3) is 0.625. The molecule has 3 N–H and O–H groups in total. The number of ether oxygens (including phenoxy) is 3. The first-order chi connectivity index (χ1) is 26.8. The third kappa shape index (κ3) is 8.00. The number of aromatic nitrogens is 1. The van der Waals surface area contributed by atoms with Crippen molar-refractivity contribution in [3.63, 3.8) is 0 Å². The quantitative estimate of drug-likeness (QED) is 0.331. The van der Waals surface area contributed by atoms with E-state index >= 15 is 0 Å². The zero-order valence-electron chi connectivity index (χ0n) is 32.9. The fourth-order valence-electron chi connectivity index (χ4n) is 8.26. The Morgan fingerprint density at radius 3 is 2.54 bits per heavy atom. The lowest BCUT2D eigenvalue weighted by molar-refractivity contribution is -0.141. The number of aryl methyl sites for hydroxylation is 1. The second kappa shape index (κ2) is 14.7. The maximum atomic E-state index is 14.7. The summed E-state index contributed by atoms with van der Waals surface area (Å²) in [5.74, 6) is -2.35. The molecule has 4 amide bonds. The van der Waals surface area contributed by atoms with E-state index in [0.717, 1.165) is 6.42 Å². The van der Waals surface area contributed by atoms with E-state index in [-0.39, 0.29) is 44.4 Å². The van der Waals surface area contributed by atoms with Gasteiger partial charge < -0.3 is 29.7 Å². The Bertz CT molecular complexity index is 2120. The minimum Gasteiger partial charge on any atom is -0.497 e. The molecular weight excluding hydrogens is 765 g/mol. The molecule has 1 unspecified atom stereocenters. The summed E-state index contributed by atoms with van der Waals surface area (Å²) >= 11 is 0. The molecule has 14 nitrogen and oxygen atoms in total. The lowest BCUT2D eigenvalue weighted by atomic mass is 9.87. The number of nitrogens with one attached hydrogen (secondary N) is 3. The van der Waals surface area contributed by atoms with Gasteiger partial charge in [0.2, 0.25) is 21.8 Å². The number of hydrogen-bond donors (Lipinski definition) is 3. The molecule has 310 valence electrons. The molecule has 2 saturated carbocycles. The molecule has 17 heteroatoms. The monoisotopic (exact) mass is 815 g/mol. The number of halogens is 2. The first-order valence-electron chi connectivity index (χ1n) is 19.6. The molecule has 0 bridgehead atoms.